The van der Waals surface area contributed by atoms with E-state index in [9.17, 15) is 4.79 Å². The quantitative estimate of drug-likeness (QED) is 0.475. The first-order chi connectivity index (χ1) is 9.43. The molecule has 0 radical (unpaired) electrons. The van der Waals surface area contributed by atoms with Crippen LogP contribution in [-0.4, -0.2) is 30.7 Å². The van der Waals surface area contributed by atoms with E-state index in [1.54, 1.807) is 4.90 Å². The van der Waals surface area contributed by atoms with Crippen molar-refractivity contribution in [2.24, 2.45) is 5.16 Å². The average molecular weight is 297 g/mol. The minimum Gasteiger partial charge on any atom is -0.399 e. The Morgan fingerprint density at radius 1 is 1.40 bits per heavy atom. The van der Waals surface area contributed by atoms with E-state index in [0.29, 0.717) is 5.71 Å². The van der Waals surface area contributed by atoms with Gasteiger partial charge in [0.2, 0.25) is 5.91 Å². The van der Waals surface area contributed by atoms with E-state index in [1.165, 1.54) is 7.11 Å². The van der Waals surface area contributed by atoms with Crippen LogP contribution in [0.15, 0.2) is 23.4 Å². The van der Waals surface area contributed by atoms with Crippen molar-refractivity contribution < 1.29 is 9.63 Å². The summed E-state index contributed by atoms with van der Waals surface area (Å²) >= 11 is 5.76. The molecule has 0 aliphatic rings. The third-order valence-corrected chi connectivity index (χ3v) is 3.52. The fourth-order valence-corrected chi connectivity index (χ4v) is 2.32. The van der Waals surface area contributed by atoms with Crippen molar-refractivity contribution in [2.45, 2.75) is 33.7 Å². The molecule has 1 aromatic rings. The summed E-state index contributed by atoms with van der Waals surface area (Å²) in [6.07, 6.45) is 0. The van der Waals surface area contributed by atoms with E-state index in [0.717, 1.165) is 16.8 Å². The number of alkyl halides is 1. The van der Waals surface area contributed by atoms with Crippen molar-refractivity contribution in [3.8, 4) is 0 Å². The van der Waals surface area contributed by atoms with Crippen LogP contribution in [0.25, 0.3) is 0 Å². The molecule has 1 atom stereocenters. The molecule has 1 rings (SSSR count). The van der Waals surface area contributed by atoms with Crippen molar-refractivity contribution >= 4 is 28.9 Å². The highest BCUT2D eigenvalue weighted by atomic mass is 35.5. The Bertz CT molecular complexity index is 494. The fraction of sp³-hybridized carbons (Fsp3) is 0.467. The minimum atomic E-state index is -0.221. The molecule has 0 saturated carbocycles. The summed E-state index contributed by atoms with van der Waals surface area (Å²) in [5, 5.41) is 3.93. The van der Waals surface area contributed by atoms with Crippen molar-refractivity contribution in [1.82, 2.24) is 0 Å². The second kappa shape index (κ2) is 7.29. The van der Waals surface area contributed by atoms with Gasteiger partial charge in [0.1, 0.15) is 13.0 Å². The predicted octanol–water partition coefficient (Wildman–Crippen LogP) is 3.29. The van der Waals surface area contributed by atoms with E-state index in [-0.39, 0.29) is 17.8 Å². The average Bonchev–Trinajstić information content (AvgIpc) is 2.42. The summed E-state index contributed by atoms with van der Waals surface area (Å²) in [4.78, 5) is 18.8. The topological polar surface area (TPSA) is 41.9 Å². The number of halogens is 1. The Kier molecular flexibility index (Phi) is 6.02. The summed E-state index contributed by atoms with van der Waals surface area (Å²) < 4.78 is 0. The highest BCUT2D eigenvalue weighted by molar-refractivity contribution is 6.30. The number of hydrogen-bond acceptors (Lipinski definition) is 3. The number of amides is 1. The first kappa shape index (κ1) is 16.5. The lowest BCUT2D eigenvalue weighted by atomic mass is 10.0. The number of para-hydroxylation sites is 1. The largest absolute Gasteiger partial charge is 0.399 e. The maximum absolute atomic E-state index is 12.3. The molecule has 1 aromatic carbocycles. The number of nitrogens with zero attached hydrogens (tertiary/aromatic N) is 2. The Labute approximate surface area is 125 Å². The van der Waals surface area contributed by atoms with Crippen LogP contribution in [-0.2, 0) is 9.63 Å². The van der Waals surface area contributed by atoms with Crippen LogP contribution in [0.5, 0.6) is 0 Å². The molecule has 1 unspecified atom stereocenters. The molecule has 5 heteroatoms. The number of carbonyl (C=O) groups is 1. The lowest BCUT2D eigenvalue weighted by molar-refractivity contribution is -0.116. The summed E-state index contributed by atoms with van der Waals surface area (Å²) in [5.74, 6) is -0.222. The van der Waals surface area contributed by atoms with E-state index in [2.05, 4.69) is 5.16 Å². The molecular formula is C15H21ClN2O2. The third kappa shape index (κ3) is 3.51. The van der Waals surface area contributed by atoms with E-state index in [1.807, 2.05) is 45.9 Å². The van der Waals surface area contributed by atoms with E-state index < -0.39 is 0 Å². The third-order valence-electron chi connectivity index (χ3n) is 3.29. The molecule has 0 aliphatic carbocycles. The molecule has 0 bridgehead atoms. The highest BCUT2D eigenvalue weighted by Gasteiger charge is 2.26. The first-order valence-corrected chi connectivity index (χ1v) is 6.99. The predicted molar refractivity (Wildman–Crippen MR) is 83.7 cm³/mol. The second-order valence-corrected chi connectivity index (χ2v) is 5.00. The molecule has 1 amide bonds. The normalized spacial score (nSPS) is 13.0. The molecule has 0 N–H and O–H groups in total. The molecular weight excluding hydrogens is 276 g/mol. The monoisotopic (exact) mass is 296 g/mol. The number of rotatable bonds is 5. The van der Waals surface area contributed by atoms with Gasteiger partial charge in [0.15, 0.2) is 0 Å². The zero-order valence-electron chi connectivity index (χ0n) is 12.6. The van der Waals surface area contributed by atoms with Gasteiger partial charge in [-0.1, -0.05) is 23.4 Å². The summed E-state index contributed by atoms with van der Waals surface area (Å²) in [6, 6.07) is 5.71. The Morgan fingerprint density at radius 3 is 2.40 bits per heavy atom. The molecule has 0 saturated heterocycles. The van der Waals surface area contributed by atoms with Crippen molar-refractivity contribution in [1.29, 1.82) is 0 Å². The standard InChI is InChI=1S/C15H21ClN2O2/c1-10-7-6-8-11(2)15(10)18(14(19)9-16)13(4)12(3)17-20-5/h6-8,13H,9H2,1-5H3/b17-12+. The zero-order valence-corrected chi connectivity index (χ0v) is 13.4. The van der Waals surface area contributed by atoms with Gasteiger partial charge in [-0.05, 0) is 38.8 Å². The molecule has 0 aromatic heterocycles. The molecule has 0 fully saturated rings. The first-order valence-electron chi connectivity index (χ1n) is 6.45. The molecule has 4 nitrogen and oxygen atoms in total. The Morgan fingerprint density at radius 2 is 1.95 bits per heavy atom. The number of carbonyl (C=O) groups excluding carboxylic acids is 1. The van der Waals surface area contributed by atoms with E-state index >= 15 is 0 Å². The van der Waals surface area contributed by atoms with Gasteiger partial charge in [-0.25, -0.2) is 0 Å². The van der Waals surface area contributed by atoms with Gasteiger partial charge in [-0.3, -0.25) is 4.79 Å². The van der Waals surface area contributed by atoms with Crippen molar-refractivity contribution in [3.05, 3.63) is 29.3 Å². The van der Waals surface area contributed by atoms with Crippen LogP contribution in [0.2, 0.25) is 0 Å². The van der Waals surface area contributed by atoms with Crippen LogP contribution in [0.3, 0.4) is 0 Å². The van der Waals surface area contributed by atoms with Crippen LogP contribution >= 0.6 is 11.6 Å². The van der Waals surface area contributed by atoms with Gasteiger partial charge in [-0.2, -0.15) is 0 Å². The maximum Gasteiger partial charge on any atom is 0.242 e. The number of oxime groups is 1. The molecule has 0 aliphatic heterocycles. The molecule has 20 heavy (non-hydrogen) atoms. The number of aryl methyl sites for hydroxylation is 2. The van der Waals surface area contributed by atoms with Crippen LogP contribution in [0.4, 0.5) is 5.69 Å². The van der Waals surface area contributed by atoms with Gasteiger partial charge in [-0.15, -0.1) is 11.6 Å². The molecule has 110 valence electrons. The lowest BCUT2D eigenvalue weighted by Crippen LogP contribution is -2.44. The molecule has 0 heterocycles. The van der Waals surface area contributed by atoms with E-state index in [4.69, 9.17) is 16.4 Å². The smallest absolute Gasteiger partial charge is 0.242 e. The van der Waals surface area contributed by atoms with Crippen LogP contribution in [0.1, 0.15) is 25.0 Å². The highest BCUT2D eigenvalue weighted by Crippen LogP contribution is 2.27. The van der Waals surface area contributed by atoms with Gasteiger partial charge < -0.3 is 9.74 Å². The van der Waals surface area contributed by atoms with Crippen LogP contribution in [0, 0.1) is 13.8 Å². The van der Waals surface area contributed by atoms with Crippen LogP contribution < -0.4 is 4.90 Å². The van der Waals surface area contributed by atoms with Gasteiger partial charge in [0.25, 0.3) is 0 Å². The zero-order chi connectivity index (χ0) is 15.3. The lowest BCUT2D eigenvalue weighted by Gasteiger charge is -2.31. The SMILES string of the molecule is CO/N=C(\C)C(C)N(C(=O)CCl)c1c(C)cccc1C. The summed E-state index contributed by atoms with van der Waals surface area (Å²) in [6.45, 7) is 7.70. The van der Waals surface area contributed by atoms with Gasteiger partial charge >= 0.3 is 0 Å². The summed E-state index contributed by atoms with van der Waals surface area (Å²) in [5.41, 5.74) is 3.66. The Balaban J connectivity index is 3.33. The second-order valence-electron chi connectivity index (χ2n) is 4.73. The minimum absolute atomic E-state index is 0.0711. The fourth-order valence-electron chi connectivity index (χ4n) is 2.19. The maximum atomic E-state index is 12.3. The van der Waals surface area contributed by atoms with Gasteiger partial charge in [0.05, 0.1) is 17.4 Å². The van der Waals surface area contributed by atoms with Crippen molar-refractivity contribution in [2.75, 3.05) is 17.9 Å². The van der Waals surface area contributed by atoms with Crippen molar-refractivity contribution in [3.63, 3.8) is 0 Å². The Hall–Kier alpha value is -1.55. The number of hydrogen-bond donors (Lipinski definition) is 0. The number of anilines is 1. The molecule has 0 spiro atoms. The van der Waals surface area contributed by atoms with Gasteiger partial charge in [0, 0.05) is 0 Å². The number of benzene rings is 1. The summed E-state index contributed by atoms with van der Waals surface area (Å²) in [7, 11) is 1.49.